The lowest BCUT2D eigenvalue weighted by Crippen LogP contribution is -2.36. The van der Waals surface area contributed by atoms with Gasteiger partial charge in [0.05, 0.1) is 24.5 Å². The molecule has 0 bridgehead atoms. The summed E-state index contributed by atoms with van der Waals surface area (Å²) in [7, 11) is 0. The Labute approximate surface area is 105 Å². The van der Waals surface area contributed by atoms with Gasteiger partial charge in [0.25, 0.3) is 0 Å². The lowest BCUT2D eigenvalue weighted by molar-refractivity contribution is 0.101. The van der Waals surface area contributed by atoms with Gasteiger partial charge in [-0.05, 0) is 19.1 Å². The van der Waals surface area contributed by atoms with Crippen molar-refractivity contribution >= 4 is 23.1 Å². The monoisotopic (exact) mass is 255 g/mol. The van der Waals surface area contributed by atoms with Gasteiger partial charge in [-0.15, -0.1) is 0 Å². The fourth-order valence-electron chi connectivity index (χ4n) is 1.89. The van der Waals surface area contributed by atoms with Crippen LogP contribution in [0.5, 0.6) is 5.75 Å². The zero-order chi connectivity index (χ0) is 12.4. The normalized spacial score (nSPS) is 16.0. The highest BCUT2D eigenvalue weighted by Crippen LogP contribution is 2.37. The topological polar surface area (TPSA) is 49.8 Å². The van der Waals surface area contributed by atoms with Crippen molar-refractivity contribution in [2.24, 2.45) is 0 Å². The Bertz CT molecular complexity index is 442. The zero-order valence-corrected chi connectivity index (χ0v) is 10.3. The highest BCUT2D eigenvalue weighted by atomic mass is 35.5. The summed E-state index contributed by atoms with van der Waals surface area (Å²) < 4.78 is 5.25. The fraction of sp³-hybridized carbons (Fsp3) is 0.417. The van der Waals surface area contributed by atoms with Crippen LogP contribution < -0.4 is 4.90 Å². The van der Waals surface area contributed by atoms with Gasteiger partial charge < -0.3 is 14.7 Å². The van der Waals surface area contributed by atoms with Gasteiger partial charge in [0.15, 0.2) is 5.78 Å². The van der Waals surface area contributed by atoms with Crippen LogP contribution in [-0.2, 0) is 4.74 Å². The lowest BCUT2D eigenvalue weighted by atomic mass is 10.1. The van der Waals surface area contributed by atoms with Crippen LogP contribution >= 0.6 is 11.6 Å². The minimum absolute atomic E-state index is 0.136. The van der Waals surface area contributed by atoms with E-state index in [-0.39, 0.29) is 22.1 Å². The fourth-order valence-corrected chi connectivity index (χ4v) is 2.17. The molecule has 5 heteroatoms. The number of ketones is 1. The number of carbonyl (C=O) groups is 1. The summed E-state index contributed by atoms with van der Waals surface area (Å²) in [4.78, 5) is 13.3. The number of nitrogens with zero attached hydrogens (tertiary/aromatic N) is 1. The molecule has 1 aliphatic heterocycles. The number of carbonyl (C=O) groups excluding carboxylic acids is 1. The molecule has 0 atom stereocenters. The average Bonchev–Trinajstić information content (AvgIpc) is 2.33. The van der Waals surface area contributed by atoms with Gasteiger partial charge in [0, 0.05) is 13.1 Å². The van der Waals surface area contributed by atoms with Crippen LogP contribution in [0.4, 0.5) is 5.69 Å². The first-order chi connectivity index (χ1) is 8.11. The molecule has 1 saturated heterocycles. The molecule has 92 valence electrons. The standard InChI is InChI=1S/C12H14ClNO3/c1-8(15)9-2-3-10(11(13)12(9)16)14-4-6-17-7-5-14/h2-3,16H,4-7H2,1H3. The molecule has 1 N–H and O–H groups in total. The highest BCUT2D eigenvalue weighted by Gasteiger charge is 2.19. The Morgan fingerprint density at radius 3 is 2.65 bits per heavy atom. The summed E-state index contributed by atoms with van der Waals surface area (Å²) in [5.41, 5.74) is 1.00. The summed E-state index contributed by atoms with van der Waals surface area (Å²) in [5, 5.41) is 10.1. The number of morpholine rings is 1. The summed E-state index contributed by atoms with van der Waals surface area (Å²) in [6.45, 7) is 4.16. The predicted octanol–water partition coefficient (Wildman–Crippen LogP) is 2.08. The van der Waals surface area contributed by atoms with Gasteiger partial charge in [0.2, 0.25) is 0 Å². The van der Waals surface area contributed by atoms with E-state index in [2.05, 4.69) is 0 Å². The smallest absolute Gasteiger partial charge is 0.163 e. The van der Waals surface area contributed by atoms with Crippen molar-refractivity contribution in [2.45, 2.75) is 6.92 Å². The van der Waals surface area contributed by atoms with Crippen molar-refractivity contribution in [1.29, 1.82) is 0 Å². The van der Waals surface area contributed by atoms with Gasteiger partial charge in [-0.25, -0.2) is 0 Å². The molecule has 1 heterocycles. The SMILES string of the molecule is CC(=O)c1ccc(N2CCOCC2)c(Cl)c1O. The Morgan fingerprint density at radius 2 is 2.06 bits per heavy atom. The highest BCUT2D eigenvalue weighted by molar-refractivity contribution is 6.35. The Balaban J connectivity index is 2.36. The molecule has 1 aromatic rings. The average molecular weight is 256 g/mol. The van der Waals surface area contributed by atoms with E-state index in [1.165, 1.54) is 6.92 Å². The van der Waals surface area contributed by atoms with E-state index in [0.29, 0.717) is 13.2 Å². The van der Waals surface area contributed by atoms with E-state index >= 15 is 0 Å². The van der Waals surface area contributed by atoms with Crippen LogP contribution in [0.25, 0.3) is 0 Å². The van der Waals surface area contributed by atoms with E-state index in [1.54, 1.807) is 12.1 Å². The van der Waals surface area contributed by atoms with Gasteiger partial charge in [0.1, 0.15) is 10.8 Å². The molecule has 0 unspecified atom stereocenters. The maximum Gasteiger partial charge on any atom is 0.163 e. The summed E-state index contributed by atoms with van der Waals surface area (Å²) in [6, 6.07) is 3.37. The number of phenols is 1. The number of anilines is 1. The molecule has 0 aromatic heterocycles. The molecule has 0 radical (unpaired) electrons. The van der Waals surface area contributed by atoms with E-state index in [0.717, 1.165) is 18.8 Å². The van der Waals surface area contributed by atoms with E-state index in [4.69, 9.17) is 16.3 Å². The van der Waals surface area contributed by atoms with Gasteiger partial charge in [-0.1, -0.05) is 11.6 Å². The predicted molar refractivity (Wildman–Crippen MR) is 66.2 cm³/mol. The zero-order valence-electron chi connectivity index (χ0n) is 9.57. The third-order valence-electron chi connectivity index (χ3n) is 2.83. The van der Waals surface area contributed by atoms with Crippen molar-refractivity contribution in [3.63, 3.8) is 0 Å². The second-order valence-corrected chi connectivity index (χ2v) is 4.33. The number of aromatic hydroxyl groups is 1. The van der Waals surface area contributed by atoms with Crippen LogP contribution in [0.1, 0.15) is 17.3 Å². The molecule has 1 aliphatic rings. The first-order valence-corrected chi connectivity index (χ1v) is 5.84. The van der Waals surface area contributed by atoms with Gasteiger partial charge in [-0.3, -0.25) is 4.79 Å². The number of rotatable bonds is 2. The first kappa shape index (κ1) is 12.2. The van der Waals surface area contributed by atoms with E-state index < -0.39 is 0 Å². The summed E-state index contributed by atoms with van der Waals surface area (Å²) in [6.07, 6.45) is 0. The molecule has 0 amide bonds. The minimum Gasteiger partial charge on any atom is -0.506 e. The maximum atomic E-state index is 11.3. The van der Waals surface area contributed by atoms with Crippen LogP contribution in [0.3, 0.4) is 0 Å². The Morgan fingerprint density at radius 1 is 1.41 bits per heavy atom. The third kappa shape index (κ3) is 2.37. The van der Waals surface area contributed by atoms with Crippen LogP contribution in [0.15, 0.2) is 12.1 Å². The largest absolute Gasteiger partial charge is 0.506 e. The van der Waals surface area contributed by atoms with Crippen molar-refractivity contribution in [3.05, 3.63) is 22.7 Å². The number of Topliss-reactive ketones (excluding diaryl/α,β-unsaturated/α-hetero) is 1. The molecule has 0 aliphatic carbocycles. The number of hydrogen-bond acceptors (Lipinski definition) is 4. The minimum atomic E-state index is -0.196. The van der Waals surface area contributed by atoms with Crippen LogP contribution in [-0.4, -0.2) is 37.2 Å². The van der Waals surface area contributed by atoms with Crippen molar-refractivity contribution in [3.8, 4) is 5.75 Å². The quantitative estimate of drug-likeness (QED) is 0.822. The maximum absolute atomic E-state index is 11.3. The molecular formula is C12H14ClNO3. The Hall–Kier alpha value is -1.26. The number of phenolic OH excluding ortho intramolecular Hbond substituents is 1. The van der Waals surface area contributed by atoms with Crippen molar-refractivity contribution < 1.29 is 14.6 Å². The number of halogens is 1. The number of ether oxygens (including phenoxy) is 1. The van der Waals surface area contributed by atoms with Crippen molar-refractivity contribution in [2.75, 3.05) is 31.2 Å². The molecule has 0 saturated carbocycles. The van der Waals surface area contributed by atoms with Gasteiger partial charge in [-0.2, -0.15) is 0 Å². The summed E-state index contributed by atoms with van der Waals surface area (Å²) in [5.74, 6) is -0.332. The first-order valence-electron chi connectivity index (χ1n) is 5.46. The van der Waals surface area contributed by atoms with Gasteiger partial charge >= 0.3 is 0 Å². The lowest BCUT2D eigenvalue weighted by Gasteiger charge is -2.29. The Kier molecular flexibility index (Phi) is 3.54. The summed E-state index contributed by atoms with van der Waals surface area (Å²) >= 11 is 6.09. The number of benzene rings is 1. The third-order valence-corrected chi connectivity index (χ3v) is 3.20. The molecule has 17 heavy (non-hydrogen) atoms. The molecule has 4 nitrogen and oxygen atoms in total. The number of hydrogen-bond donors (Lipinski definition) is 1. The second-order valence-electron chi connectivity index (χ2n) is 3.95. The molecular weight excluding hydrogens is 242 g/mol. The second kappa shape index (κ2) is 4.94. The van der Waals surface area contributed by atoms with Crippen LogP contribution in [0, 0.1) is 0 Å². The van der Waals surface area contributed by atoms with Crippen LogP contribution in [0.2, 0.25) is 5.02 Å². The molecule has 1 aromatic carbocycles. The molecule has 1 fully saturated rings. The molecule has 2 rings (SSSR count). The molecule has 0 spiro atoms. The van der Waals surface area contributed by atoms with Crippen molar-refractivity contribution in [1.82, 2.24) is 0 Å². The van der Waals surface area contributed by atoms with E-state index in [9.17, 15) is 9.90 Å². The van der Waals surface area contributed by atoms with E-state index in [1.807, 2.05) is 4.90 Å².